The van der Waals surface area contributed by atoms with Gasteiger partial charge in [-0.25, -0.2) is 4.57 Å². The molecule has 1 unspecified atom stereocenters. The summed E-state index contributed by atoms with van der Waals surface area (Å²) in [7, 11) is -4.18. The minimum atomic E-state index is -4.18. The number of carbonyl (C=O) groups is 2. The summed E-state index contributed by atoms with van der Waals surface area (Å²) in [6.45, 7) is 9.80. The van der Waals surface area contributed by atoms with Gasteiger partial charge in [0.25, 0.3) is 0 Å². The van der Waals surface area contributed by atoms with Crippen LogP contribution in [0.1, 0.15) is 33.1 Å². The van der Waals surface area contributed by atoms with Gasteiger partial charge in [-0.2, -0.15) is 0 Å². The van der Waals surface area contributed by atoms with Crippen molar-refractivity contribution in [2.24, 2.45) is 0 Å². The van der Waals surface area contributed by atoms with Crippen molar-refractivity contribution in [3.05, 3.63) is 24.3 Å². The van der Waals surface area contributed by atoms with Gasteiger partial charge < -0.3 is 4.89 Å². The first-order chi connectivity index (χ1) is 9.15. The van der Waals surface area contributed by atoms with Gasteiger partial charge >= 0.3 is 7.82 Å². The summed E-state index contributed by atoms with van der Waals surface area (Å²) in [5.74, 6) is -0.355. The van der Waals surface area contributed by atoms with E-state index in [0.29, 0.717) is 17.6 Å². The van der Waals surface area contributed by atoms with Gasteiger partial charge in [-0.15, -0.1) is 0 Å². The largest absolute Gasteiger partial charge is 0.472 e. The van der Waals surface area contributed by atoms with Gasteiger partial charge in [0, 0.05) is 12.8 Å². The van der Waals surface area contributed by atoms with Crippen molar-refractivity contribution >= 4 is 19.4 Å². The summed E-state index contributed by atoms with van der Waals surface area (Å²) in [6, 6.07) is 0. The summed E-state index contributed by atoms with van der Waals surface area (Å²) in [4.78, 5) is 31.7. The highest BCUT2D eigenvalue weighted by atomic mass is 31.2. The Bertz CT molecular complexity index is 440. The molecule has 0 aromatic heterocycles. The van der Waals surface area contributed by atoms with Crippen LogP contribution < -0.4 is 0 Å². The number of allylic oxidation sites excluding steroid dienone is 2. The van der Waals surface area contributed by atoms with Crippen LogP contribution in [-0.2, 0) is 23.2 Å². The lowest BCUT2D eigenvalue weighted by molar-refractivity contribution is -0.116. The summed E-state index contributed by atoms with van der Waals surface area (Å²) >= 11 is 0. The first-order valence-corrected chi connectivity index (χ1v) is 7.64. The zero-order valence-electron chi connectivity index (χ0n) is 11.9. The Labute approximate surface area is 119 Å². The molecule has 1 N–H and O–H groups in total. The molecule has 20 heavy (non-hydrogen) atoms. The molecule has 0 radical (unpaired) electrons. The van der Waals surface area contributed by atoms with Gasteiger partial charge in [-0.05, 0) is 31.4 Å². The van der Waals surface area contributed by atoms with Crippen molar-refractivity contribution < 1.29 is 28.1 Å². The summed E-state index contributed by atoms with van der Waals surface area (Å²) in [6.07, 6.45) is 0.463. The first-order valence-electron chi connectivity index (χ1n) is 6.15. The van der Waals surface area contributed by atoms with Crippen LogP contribution in [-0.4, -0.2) is 29.7 Å². The van der Waals surface area contributed by atoms with Crippen molar-refractivity contribution in [3.63, 3.8) is 0 Å². The SMILES string of the molecule is C=C(C)C(=O)CCCOP(=O)(O)OCCC(=O)C(=C)C. The Morgan fingerprint density at radius 2 is 1.45 bits per heavy atom. The Hall–Kier alpha value is -1.07. The molecule has 0 saturated heterocycles. The zero-order valence-corrected chi connectivity index (χ0v) is 12.8. The van der Waals surface area contributed by atoms with Crippen molar-refractivity contribution in [1.82, 2.24) is 0 Å². The highest BCUT2D eigenvalue weighted by Crippen LogP contribution is 2.43. The molecule has 0 rings (SSSR count). The van der Waals surface area contributed by atoms with Crippen LogP contribution in [0, 0.1) is 0 Å². The lowest BCUT2D eigenvalue weighted by atomic mass is 10.1. The predicted octanol–water partition coefficient (Wildman–Crippen LogP) is 2.58. The van der Waals surface area contributed by atoms with Crippen molar-refractivity contribution in [2.75, 3.05) is 13.2 Å². The monoisotopic (exact) mass is 304 g/mol. The molecule has 0 heterocycles. The topological polar surface area (TPSA) is 89.9 Å². The molecule has 0 saturated carbocycles. The second kappa shape index (κ2) is 8.97. The van der Waals surface area contributed by atoms with Crippen molar-refractivity contribution in [2.45, 2.75) is 33.1 Å². The number of Topliss-reactive ketones (excluding diaryl/α,β-unsaturated/α-hetero) is 2. The van der Waals surface area contributed by atoms with Gasteiger partial charge in [0.2, 0.25) is 0 Å². The Balaban J connectivity index is 3.88. The van der Waals surface area contributed by atoms with E-state index in [-0.39, 0.29) is 37.6 Å². The minimum absolute atomic E-state index is 0.0304. The summed E-state index contributed by atoms with van der Waals surface area (Å²) < 4.78 is 20.7. The molecule has 7 heteroatoms. The van der Waals surface area contributed by atoms with Crippen LogP contribution in [0.2, 0.25) is 0 Å². The second-order valence-electron chi connectivity index (χ2n) is 4.40. The fourth-order valence-corrected chi connectivity index (χ4v) is 1.89. The van der Waals surface area contributed by atoms with Gasteiger partial charge in [0.15, 0.2) is 11.6 Å². The molecule has 114 valence electrons. The molecule has 0 aliphatic heterocycles. The van der Waals surface area contributed by atoms with E-state index in [0.717, 1.165) is 0 Å². The summed E-state index contributed by atoms with van der Waals surface area (Å²) in [5.41, 5.74) is 0.798. The number of hydrogen-bond donors (Lipinski definition) is 1. The van der Waals surface area contributed by atoms with Crippen LogP contribution >= 0.6 is 7.82 Å². The minimum Gasteiger partial charge on any atom is -0.302 e. The average Bonchev–Trinajstić information content (AvgIpc) is 2.33. The number of carbonyl (C=O) groups excluding carboxylic acids is 2. The molecular formula is C13H21O6P. The maximum Gasteiger partial charge on any atom is 0.472 e. The highest BCUT2D eigenvalue weighted by Gasteiger charge is 2.21. The molecule has 0 aliphatic rings. The standard InChI is InChI=1S/C13H21O6P/c1-10(2)12(14)6-5-8-18-20(16,17)19-9-7-13(15)11(3)4/h1,3,5-9H2,2,4H3,(H,16,17). The van der Waals surface area contributed by atoms with E-state index >= 15 is 0 Å². The second-order valence-corrected chi connectivity index (χ2v) is 5.85. The molecule has 6 nitrogen and oxygen atoms in total. The molecule has 0 amide bonds. The number of phosphoric ester groups is 1. The van der Waals surface area contributed by atoms with Gasteiger partial charge in [-0.1, -0.05) is 13.2 Å². The van der Waals surface area contributed by atoms with Gasteiger partial charge in [-0.3, -0.25) is 18.6 Å². The van der Waals surface area contributed by atoms with Crippen LogP contribution in [0.25, 0.3) is 0 Å². The third-order valence-corrected chi connectivity index (χ3v) is 3.36. The molecule has 1 atom stereocenters. The molecule has 0 aromatic carbocycles. The first kappa shape index (κ1) is 18.9. The van der Waals surface area contributed by atoms with E-state index in [4.69, 9.17) is 0 Å². The third kappa shape index (κ3) is 8.93. The van der Waals surface area contributed by atoms with Gasteiger partial charge in [0.05, 0.1) is 13.2 Å². The van der Waals surface area contributed by atoms with Crippen LogP contribution in [0.5, 0.6) is 0 Å². The fourth-order valence-electron chi connectivity index (χ4n) is 1.13. The van der Waals surface area contributed by atoms with Crippen LogP contribution in [0.4, 0.5) is 0 Å². The van der Waals surface area contributed by atoms with E-state index in [1.165, 1.54) is 0 Å². The fraction of sp³-hybridized carbons (Fsp3) is 0.538. The zero-order chi connectivity index (χ0) is 15.8. The van der Waals surface area contributed by atoms with E-state index in [2.05, 4.69) is 22.2 Å². The van der Waals surface area contributed by atoms with Crippen LogP contribution in [0.15, 0.2) is 24.3 Å². The molecule has 0 bridgehead atoms. The number of ketones is 2. The van der Waals surface area contributed by atoms with Crippen LogP contribution in [0.3, 0.4) is 0 Å². The Morgan fingerprint density at radius 1 is 1.00 bits per heavy atom. The normalized spacial score (nSPS) is 13.6. The third-order valence-electron chi connectivity index (χ3n) is 2.34. The van der Waals surface area contributed by atoms with E-state index in [9.17, 15) is 19.0 Å². The molecule has 0 spiro atoms. The molecule has 0 aromatic rings. The average molecular weight is 304 g/mol. The predicted molar refractivity (Wildman–Crippen MR) is 75.2 cm³/mol. The van der Waals surface area contributed by atoms with Crippen molar-refractivity contribution in [3.8, 4) is 0 Å². The maximum atomic E-state index is 11.4. The number of hydrogen-bond acceptors (Lipinski definition) is 5. The number of phosphoric acid groups is 1. The number of rotatable bonds is 11. The maximum absolute atomic E-state index is 11.4. The summed E-state index contributed by atoms with van der Waals surface area (Å²) in [5, 5.41) is 0. The highest BCUT2D eigenvalue weighted by molar-refractivity contribution is 7.47. The van der Waals surface area contributed by atoms with E-state index in [1.54, 1.807) is 13.8 Å². The van der Waals surface area contributed by atoms with E-state index < -0.39 is 7.82 Å². The molecular weight excluding hydrogens is 283 g/mol. The smallest absolute Gasteiger partial charge is 0.302 e. The lowest BCUT2D eigenvalue weighted by Crippen LogP contribution is -2.06. The molecule has 0 aliphatic carbocycles. The van der Waals surface area contributed by atoms with Gasteiger partial charge in [0.1, 0.15) is 0 Å². The Kier molecular flexibility index (Phi) is 8.49. The Morgan fingerprint density at radius 3 is 1.95 bits per heavy atom. The quantitative estimate of drug-likeness (QED) is 0.358. The molecule has 0 fully saturated rings. The van der Waals surface area contributed by atoms with E-state index in [1.807, 2.05) is 0 Å². The lowest BCUT2D eigenvalue weighted by Gasteiger charge is -2.11. The van der Waals surface area contributed by atoms with Crippen molar-refractivity contribution in [1.29, 1.82) is 0 Å².